The minimum atomic E-state index is -1.26. The number of para-hydroxylation sites is 1. The van der Waals surface area contributed by atoms with Gasteiger partial charge in [-0.2, -0.15) is 0 Å². The molecule has 0 spiro atoms. The molecule has 0 radical (unpaired) electrons. The van der Waals surface area contributed by atoms with E-state index >= 15 is 0 Å². The molecule has 1 aliphatic rings. The van der Waals surface area contributed by atoms with Crippen molar-refractivity contribution in [2.24, 2.45) is 0 Å². The Kier molecular flexibility index (Phi) is 5.21. The summed E-state index contributed by atoms with van der Waals surface area (Å²) in [5, 5.41) is 2.32. The zero-order valence-electron chi connectivity index (χ0n) is 15.1. The van der Waals surface area contributed by atoms with Crippen LogP contribution in [-0.2, 0) is 14.3 Å². The average Bonchev–Trinajstić information content (AvgIpc) is 2.93. The molecule has 0 saturated carbocycles. The molecule has 1 aliphatic heterocycles. The van der Waals surface area contributed by atoms with Crippen LogP contribution in [0.2, 0.25) is 0 Å². The summed E-state index contributed by atoms with van der Waals surface area (Å²) in [7, 11) is 0. The van der Waals surface area contributed by atoms with Crippen molar-refractivity contribution in [1.29, 1.82) is 0 Å². The Balaban J connectivity index is 1.66. The van der Waals surface area contributed by atoms with Crippen LogP contribution in [0.25, 0.3) is 0 Å². The van der Waals surface area contributed by atoms with E-state index in [2.05, 4.69) is 5.32 Å². The van der Waals surface area contributed by atoms with E-state index in [4.69, 9.17) is 4.74 Å². The van der Waals surface area contributed by atoms with Gasteiger partial charge in [0.25, 0.3) is 17.7 Å². The van der Waals surface area contributed by atoms with Crippen molar-refractivity contribution in [2.75, 3.05) is 5.32 Å². The number of imide groups is 1. The van der Waals surface area contributed by atoms with Gasteiger partial charge in [-0.1, -0.05) is 24.3 Å². The molecule has 144 valence electrons. The lowest BCUT2D eigenvalue weighted by Gasteiger charge is -2.22. The fourth-order valence-electron chi connectivity index (χ4n) is 2.79. The Morgan fingerprint density at radius 1 is 0.964 bits per heavy atom. The molecule has 0 aromatic heterocycles. The average molecular weight is 384 g/mol. The van der Waals surface area contributed by atoms with Crippen LogP contribution in [-0.4, -0.2) is 40.7 Å². The van der Waals surface area contributed by atoms with Crippen molar-refractivity contribution in [3.63, 3.8) is 0 Å². The van der Waals surface area contributed by atoms with Crippen LogP contribution in [0.1, 0.15) is 34.6 Å². The van der Waals surface area contributed by atoms with Crippen LogP contribution in [0.4, 0.5) is 10.1 Å². The number of nitrogens with one attached hydrogen (secondary N) is 1. The van der Waals surface area contributed by atoms with Crippen LogP contribution >= 0.6 is 0 Å². The molecule has 1 N–H and O–H groups in total. The monoisotopic (exact) mass is 384 g/mol. The Morgan fingerprint density at radius 2 is 1.50 bits per heavy atom. The van der Waals surface area contributed by atoms with Gasteiger partial charge in [-0.3, -0.25) is 19.3 Å². The van der Waals surface area contributed by atoms with E-state index in [-0.39, 0.29) is 16.8 Å². The number of hydrogen-bond acceptors (Lipinski definition) is 5. The summed E-state index contributed by atoms with van der Waals surface area (Å²) >= 11 is 0. The zero-order valence-corrected chi connectivity index (χ0v) is 15.1. The Labute approximate surface area is 160 Å². The van der Waals surface area contributed by atoms with Crippen molar-refractivity contribution in [1.82, 2.24) is 4.90 Å². The van der Waals surface area contributed by atoms with Crippen molar-refractivity contribution in [2.45, 2.75) is 26.0 Å². The summed E-state index contributed by atoms with van der Waals surface area (Å²) in [6.07, 6.45) is -1.26. The predicted molar refractivity (Wildman–Crippen MR) is 97.0 cm³/mol. The smallest absolute Gasteiger partial charge is 0.329 e. The number of fused-ring (bicyclic) bond motifs is 1. The van der Waals surface area contributed by atoms with Gasteiger partial charge in [0.15, 0.2) is 6.10 Å². The summed E-state index contributed by atoms with van der Waals surface area (Å²) < 4.78 is 18.7. The van der Waals surface area contributed by atoms with E-state index in [1.54, 1.807) is 18.2 Å². The molecule has 0 bridgehead atoms. The van der Waals surface area contributed by atoms with Gasteiger partial charge in [0.2, 0.25) is 0 Å². The lowest BCUT2D eigenvalue weighted by molar-refractivity contribution is -0.156. The standard InChI is InChI=1S/C20H17FN2O5/c1-11(23-18(25)13-7-3-4-8-14(13)19(23)26)20(27)28-12(2)17(24)22-16-10-6-5-9-15(16)21/h3-12H,1-2H3,(H,22,24)/t11-,12-/m0/s1. The van der Waals surface area contributed by atoms with Crippen molar-refractivity contribution < 1.29 is 28.3 Å². The van der Waals surface area contributed by atoms with Gasteiger partial charge >= 0.3 is 5.97 Å². The Morgan fingerprint density at radius 3 is 2.07 bits per heavy atom. The van der Waals surface area contributed by atoms with Crippen LogP contribution in [0.15, 0.2) is 48.5 Å². The van der Waals surface area contributed by atoms with E-state index in [0.717, 1.165) is 4.90 Å². The number of carbonyl (C=O) groups excluding carboxylic acids is 4. The second-order valence-electron chi connectivity index (χ2n) is 6.25. The highest BCUT2D eigenvalue weighted by atomic mass is 19.1. The van der Waals surface area contributed by atoms with Gasteiger partial charge in [-0.15, -0.1) is 0 Å². The number of halogens is 1. The van der Waals surface area contributed by atoms with Crippen LogP contribution < -0.4 is 5.32 Å². The largest absolute Gasteiger partial charge is 0.451 e. The third kappa shape index (κ3) is 3.48. The maximum atomic E-state index is 13.6. The molecule has 3 rings (SSSR count). The number of amides is 3. The summed E-state index contributed by atoms with van der Waals surface area (Å²) in [6.45, 7) is 2.65. The number of hydrogen-bond donors (Lipinski definition) is 1. The van der Waals surface area contributed by atoms with E-state index in [0.29, 0.717) is 0 Å². The van der Waals surface area contributed by atoms with E-state index in [9.17, 15) is 23.6 Å². The first-order chi connectivity index (χ1) is 13.3. The third-order valence-electron chi connectivity index (χ3n) is 4.35. The first-order valence-corrected chi connectivity index (χ1v) is 8.54. The highest BCUT2D eigenvalue weighted by Gasteiger charge is 2.41. The van der Waals surface area contributed by atoms with Crippen LogP contribution in [0.5, 0.6) is 0 Å². The first kappa shape index (κ1) is 19.2. The number of carbonyl (C=O) groups is 4. The summed E-state index contributed by atoms with van der Waals surface area (Å²) in [4.78, 5) is 50.2. The normalized spacial score (nSPS) is 15.0. The van der Waals surface area contributed by atoms with Gasteiger partial charge in [0.05, 0.1) is 16.8 Å². The topological polar surface area (TPSA) is 92.8 Å². The molecule has 8 heteroatoms. The third-order valence-corrected chi connectivity index (χ3v) is 4.35. The maximum absolute atomic E-state index is 13.6. The fourth-order valence-corrected chi connectivity index (χ4v) is 2.79. The molecule has 3 amide bonds. The molecular weight excluding hydrogens is 367 g/mol. The highest BCUT2D eigenvalue weighted by Crippen LogP contribution is 2.25. The van der Waals surface area contributed by atoms with Crippen molar-refractivity contribution in [3.05, 3.63) is 65.5 Å². The molecule has 0 aliphatic carbocycles. The number of esters is 1. The molecule has 7 nitrogen and oxygen atoms in total. The second kappa shape index (κ2) is 7.59. The summed E-state index contributed by atoms with van der Waals surface area (Å²) in [6, 6.07) is 10.6. The van der Waals surface area contributed by atoms with Crippen molar-refractivity contribution in [3.8, 4) is 0 Å². The Hall–Kier alpha value is -3.55. The fraction of sp³-hybridized carbons (Fsp3) is 0.200. The molecular formula is C20H17FN2O5. The molecule has 28 heavy (non-hydrogen) atoms. The number of ether oxygens (including phenoxy) is 1. The predicted octanol–water partition coefficient (Wildman–Crippen LogP) is 2.38. The SMILES string of the molecule is C[C@H](OC(=O)[C@H](C)N1C(=O)c2ccccc2C1=O)C(=O)Nc1ccccc1F. The molecule has 1 heterocycles. The zero-order chi connectivity index (χ0) is 20.4. The molecule has 2 aromatic carbocycles. The van der Waals surface area contributed by atoms with E-state index in [1.807, 2.05) is 0 Å². The quantitative estimate of drug-likeness (QED) is 0.631. The number of benzene rings is 2. The number of rotatable bonds is 5. The molecule has 0 fully saturated rings. The molecule has 2 atom stereocenters. The number of nitrogens with zero attached hydrogens (tertiary/aromatic N) is 1. The van der Waals surface area contributed by atoms with Gasteiger partial charge in [-0.25, -0.2) is 9.18 Å². The lowest BCUT2D eigenvalue weighted by atomic mass is 10.1. The minimum absolute atomic E-state index is 0.0520. The van der Waals surface area contributed by atoms with Crippen molar-refractivity contribution >= 4 is 29.4 Å². The van der Waals surface area contributed by atoms with Gasteiger partial charge < -0.3 is 10.1 Å². The molecule has 0 saturated heterocycles. The summed E-state index contributed by atoms with van der Waals surface area (Å²) in [5.74, 6) is -3.51. The number of anilines is 1. The first-order valence-electron chi connectivity index (χ1n) is 8.54. The van der Waals surface area contributed by atoms with Crippen LogP contribution in [0.3, 0.4) is 0 Å². The summed E-state index contributed by atoms with van der Waals surface area (Å²) in [5.41, 5.74) is 0.360. The minimum Gasteiger partial charge on any atom is -0.451 e. The Bertz CT molecular complexity index is 940. The van der Waals surface area contributed by atoms with E-state index in [1.165, 1.54) is 44.2 Å². The maximum Gasteiger partial charge on any atom is 0.329 e. The highest BCUT2D eigenvalue weighted by molar-refractivity contribution is 6.22. The van der Waals surface area contributed by atoms with Gasteiger partial charge in [-0.05, 0) is 38.1 Å². The van der Waals surface area contributed by atoms with Crippen LogP contribution in [0, 0.1) is 5.82 Å². The van der Waals surface area contributed by atoms with Gasteiger partial charge in [0.1, 0.15) is 11.9 Å². The lowest BCUT2D eigenvalue weighted by Crippen LogP contribution is -2.45. The van der Waals surface area contributed by atoms with Gasteiger partial charge in [0, 0.05) is 0 Å². The van der Waals surface area contributed by atoms with E-state index < -0.39 is 41.7 Å². The molecule has 0 unspecified atom stereocenters. The molecule has 2 aromatic rings. The second-order valence-corrected chi connectivity index (χ2v) is 6.25.